The van der Waals surface area contributed by atoms with Crippen LogP contribution in [0.25, 0.3) is 0 Å². The Hall–Kier alpha value is -1.96. The first kappa shape index (κ1) is 13.5. The lowest BCUT2D eigenvalue weighted by Gasteiger charge is -2.04. The van der Waals surface area contributed by atoms with Crippen molar-refractivity contribution in [1.29, 1.82) is 0 Å². The molecule has 2 aromatic carbocycles. The Labute approximate surface area is 113 Å². The predicted octanol–water partition coefficient (Wildman–Crippen LogP) is 4.40. The van der Waals surface area contributed by atoms with Crippen molar-refractivity contribution in [2.24, 2.45) is 0 Å². The summed E-state index contributed by atoms with van der Waals surface area (Å²) >= 11 is 0. The first-order valence-electron chi connectivity index (χ1n) is 6.60. The third kappa shape index (κ3) is 3.28. The van der Waals surface area contributed by atoms with Gasteiger partial charge in [-0.3, -0.25) is 4.79 Å². The highest BCUT2D eigenvalue weighted by Crippen LogP contribution is 2.15. The Morgan fingerprint density at radius 1 is 1.05 bits per heavy atom. The van der Waals surface area contributed by atoms with Gasteiger partial charge in [-0.05, 0) is 30.5 Å². The first-order valence-corrected chi connectivity index (χ1v) is 6.60. The zero-order chi connectivity index (χ0) is 13.7. The van der Waals surface area contributed by atoms with E-state index in [2.05, 4.69) is 6.92 Å². The normalized spacial score (nSPS) is 10.4. The number of ketones is 1. The van der Waals surface area contributed by atoms with Crippen LogP contribution in [-0.2, 0) is 6.42 Å². The van der Waals surface area contributed by atoms with Crippen molar-refractivity contribution in [3.05, 3.63) is 71.0 Å². The molecule has 98 valence electrons. The smallest absolute Gasteiger partial charge is 0.195 e. The molecule has 19 heavy (non-hydrogen) atoms. The van der Waals surface area contributed by atoms with Crippen molar-refractivity contribution in [3.63, 3.8) is 0 Å². The van der Waals surface area contributed by atoms with Gasteiger partial charge in [-0.1, -0.05) is 49.7 Å². The summed E-state index contributed by atoms with van der Waals surface area (Å²) in [5.41, 5.74) is 1.88. The second-order valence-electron chi connectivity index (χ2n) is 4.61. The zero-order valence-electron chi connectivity index (χ0n) is 11.0. The molecule has 0 N–H and O–H groups in total. The second-order valence-corrected chi connectivity index (χ2v) is 4.61. The number of halogens is 1. The molecule has 0 bridgehead atoms. The van der Waals surface area contributed by atoms with E-state index in [1.807, 2.05) is 12.1 Å². The minimum atomic E-state index is -0.470. The number of hydrogen-bond acceptors (Lipinski definition) is 1. The molecule has 2 heteroatoms. The van der Waals surface area contributed by atoms with Gasteiger partial charge < -0.3 is 0 Å². The zero-order valence-corrected chi connectivity index (χ0v) is 11.0. The van der Waals surface area contributed by atoms with E-state index in [1.165, 1.54) is 17.7 Å². The lowest BCUT2D eigenvalue weighted by Crippen LogP contribution is -2.04. The molecule has 2 rings (SSSR count). The van der Waals surface area contributed by atoms with E-state index in [1.54, 1.807) is 24.3 Å². The van der Waals surface area contributed by atoms with Crippen molar-refractivity contribution >= 4 is 5.78 Å². The fraction of sp³-hybridized carbons (Fsp3) is 0.235. The summed E-state index contributed by atoms with van der Waals surface area (Å²) in [6.07, 6.45) is 3.31. The van der Waals surface area contributed by atoms with E-state index in [9.17, 15) is 9.18 Å². The second kappa shape index (κ2) is 6.28. The number of carbonyl (C=O) groups excluding carboxylic acids is 1. The van der Waals surface area contributed by atoms with E-state index < -0.39 is 5.82 Å². The maximum Gasteiger partial charge on any atom is 0.195 e. The Morgan fingerprint density at radius 2 is 1.74 bits per heavy atom. The minimum absolute atomic E-state index is 0.129. The molecule has 0 atom stereocenters. The van der Waals surface area contributed by atoms with Gasteiger partial charge in [-0.15, -0.1) is 0 Å². The first-order chi connectivity index (χ1) is 9.22. The Kier molecular flexibility index (Phi) is 4.45. The summed E-state index contributed by atoms with van der Waals surface area (Å²) in [5.74, 6) is -0.734. The fourth-order valence-corrected chi connectivity index (χ4v) is 2.00. The van der Waals surface area contributed by atoms with Gasteiger partial charge in [0.1, 0.15) is 5.82 Å². The van der Waals surface area contributed by atoms with Crippen LogP contribution in [0, 0.1) is 5.82 Å². The van der Waals surface area contributed by atoms with Crippen LogP contribution in [0.5, 0.6) is 0 Å². The molecular formula is C17H17FO. The summed E-state index contributed by atoms with van der Waals surface area (Å²) in [6, 6.07) is 13.5. The summed E-state index contributed by atoms with van der Waals surface area (Å²) in [5, 5.41) is 0. The molecule has 2 aromatic rings. The SMILES string of the molecule is CCCCc1ccc(C(=O)c2ccccc2F)cc1. The average molecular weight is 256 g/mol. The number of unbranched alkanes of at least 4 members (excludes halogenated alkanes) is 1. The molecule has 1 nitrogen and oxygen atoms in total. The Bertz CT molecular complexity index is 558. The van der Waals surface area contributed by atoms with Gasteiger partial charge in [0.05, 0.1) is 5.56 Å². The predicted molar refractivity (Wildman–Crippen MR) is 74.9 cm³/mol. The van der Waals surface area contributed by atoms with Crippen molar-refractivity contribution < 1.29 is 9.18 Å². The summed E-state index contributed by atoms with van der Waals surface area (Å²) in [7, 11) is 0. The van der Waals surface area contributed by atoms with E-state index in [0.29, 0.717) is 5.56 Å². The third-order valence-electron chi connectivity index (χ3n) is 3.15. The van der Waals surface area contributed by atoms with Crippen LogP contribution in [0.1, 0.15) is 41.3 Å². The molecule has 0 amide bonds. The molecule has 0 aliphatic carbocycles. The van der Waals surface area contributed by atoms with Gasteiger partial charge in [0.15, 0.2) is 5.78 Å². The molecule has 0 fully saturated rings. The van der Waals surface area contributed by atoms with Gasteiger partial charge >= 0.3 is 0 Å². The largest absolute Gasteiger partial charge is 0.288 e. The number of carbonyl (C=O) groups is 1. The van der Waals surface area contributed by atoms with Crippen LogP contribution in [-0.4, -0.2) is 5.78 Å². The molecule has 0 radical (unpaired) electrons. The van der Waals surface area contributed by atoms with Crippen LogP contribution in [0.15, 0.2) is 48.5 Å². The van der Waals surface area contributed by atoms with Crippen LogP contribution in [0.3, 0.4) is 0 Å². The van der Waals surface area contributed by atoms with Gasteiger partial charge in [-0.2, -0.15) is 0 Å². The molecule has 0 heterocycles. The van der Waals surface area contributed by atoms with Gasteiger partial charge in [0, 0.05) is 5.56 Å². The highest BCUT2D eigenvalue weighted by Gasteiger charge is 2.12. The maximum atomic E-state index is 13.6. The molecule has 0 unspecified atom stereocenters. The van der Waals surface area contributed by atoms with E-state index >= 15 is 0 Å². The summed E-state index contributed by atoms with van der Waals surface area (Å²) in [6.45, 7) is 2.15. The lowest BCUT2D eigenvalue weighted by molar-refractivity contribution is 0.103. The minimum Gasteiger partial charge on any atom is -0.288 e. The van der Waals surface area contributed by atoms with Gasteiger partial charge in [0.2, 0.25) is 0 Å². The third-order valence-corrected chi connectivity index (χ3v) is 3.15. The topological polar surface area (TPSA) is 17.1 Å². The van der Waals surface area contributed by atoms with Gasteiger partial charge in [0.25, 0.3) is 0 Å². The highest BCUT2D eigenvalue weighted by molar-refractivity contribution is 6.09. The average Bonchev–Trinajstić information content (AvgIpc) is 2.45. The monoisotopic (exact) mass is 256 g/mol. The number of rotatable bonds is 5. The Balaban J connectivity index is 2.18. The highest BCUT2D eigenvalue weighted by atomic mass is 19.1. The quantitative estimate of drug-likeness (QED) is 0.725. The van der Waals surface area contributed by atoms with E-state index in [-0.39, 0.29) is 11.3 Å². The lowest BCUT2D eigenvalue weighted by atomic mass is 10.00. The molecule has 0 aliphatic heterocycles. The van der Waals surface area contributed by atoms with Crippen LogP contribution in [0.4, 0.5) is 4.39 Å². The molecule has 0 saturated heterocycles. The standard InChI is InChI=1S/C17H17FO/c1-2-3-6-13-9-11-14(12-10-13)17(19)15-7-4-5-8-16(15)18/h4-5,7-12H,2-3,6H2,1H3. The van der Waals surface area contributed by atoms with Crippen LogP contribution in [0.2, 0.25) is 0 Å². The van der Waals surface area contributed by atoms with Crippen molar-refractivity contribution in [2.45, 2.75) is 26.2 Å². The van der Waals surface area contributed by atoms with E-state index in [4.69, 9.17) is 0 Å². The van der Waals surface area contributed by atoms with Crippen molar-refractivity contribution in [2.75, 3.05) is 0 Å². The molecule has 0 spiro atoms. The van der Waals surface area contributed by atoms with E-state index in [0.717, 1.165) is 19.3 Å². The van der Waals surface area contributed by atoms with Crippen molar-refractivity contribution in [1.82, 2.24) is 0 Å². The fourth-order valence-electron chi connectivity index (χ4n) is 2.00. The molecule has 0 aromatic heterocycles. The summed E-state index contributed by atoms with van der Waals surface area (Å²) < 4.78 is 13.6. The number of aryl methyl sites for hydroxylation is 1. The maximum absolute atomic E-state index is 13.6. The number of benzene rings is 2. The number of hydrogen-bond donors (Lipinski definition) is 0. The van der Waals surface area contributed by atoms with Crippen LogP contribution >= 0.6 is 0 Å². The molecule has 0 saturated carbocycles. The van der Waals surface area contributed by atoms with Crippen LogP contribution < -0.4 is 0 Å². The van der Waals surface area contributed by atoms with Crippen molar-refractivity contribution in [3.8, 4) is 0 Å². The molecular weight excluding hydrogens is 239 g/mol. The van der Waals surface area contributed by atoms with Gasteiger partial charge in [-0.25, -0.2) is 4.39 Å². The molecule has 0 aliphatic rings. The summed E-state index contributed by atoms with van der Waals surface area (Å²) in [4.78, 5) is 12.2. The Morgan fingerprint density at radius 3 is 2.37 bits per heavy atom.